The lowest BCUT2D eigenvalue weighted by Gasteiger charge is -2.02. The Morgan fingerprint density at radius 3 is 2.76 bits per heavy atom. The molecule has 0 fully saturated rings. The summed E-state index contributed by atoms with van der Waals surface area (Å²) in [6, 6.07) is 9.37. The number of hydrogen-bond acceptors (Lipinski definition) is 4. The number of phenols is 1. The van der Waals surface area contributed by atoms with E-state index in [0.29, 0.717) is 14.8 Å². The zero-order valence-corrected chi connectivity index (χ0v) is 10.0. The van der Waals surface area contributed by atoms with E-state index in [0.717, 1.165) is 11.3 Å². The molecule has 0 unspecified atom stereocenters. The molecule has 3 nitrogen and oxygen atoms in total. The lowest BCUT2D eigenvalue weighted by molar-refractivity contribution is 0.104. The molecule has 0 saturated heterocycles. The number of aromatic hydroxyl groups is 1. The number of nitriles is 1. The third-order valence-corrected chi connectivity index (χ3v) is 3.37. The Kier molecular flexibility index (Phi) is 3.14. The van der Waals surface area contributed by atoms with Crippen LogP contribution in [-0.2, 0) is 0 Å². The van der Waals surface area contributed by atoms with Crippen LogP contribution in [0.15, 0.2) is 30.3 Å². The van der Waals surface area contributed by atoms with Gasteiger partial charge in [-0.25, -0.2) is 0 Å². The highest BCUT2D eigenvalue weighted by molar-refractivity contribution is 7.14. The Labute approximate surface area is 107 Å². The Hall–Kier alpha value is -1.83. The topological polar surface area (TPSA) is 61.1 Å². The van der Waals surface area contributed by atoms with Crippen LogP contribution in [-0.4, -0.2) is 10.9 Å². The standard InChI is InChI=1S/C12H6ClNO2S/c13-7-1-3-10(15)9(5-7)12(16)11-4-2-8(6-14)17-11/h1-5,15H. The fraction of sp³-hybridized carbons (Fsp3) is 0. The number of hydrogen-bond donors (Lipinski definition) is 1. The van der Waals surface area contributed by atoms with Crippen molar-refractivity contribution >= 4 is 28.7 Å². The maximum Gasteiger partial charge on any atom is 0.206 e. The van der Waals surface area contributed by atoms with Crippen molar-refractivity contribution in [2.45, 2.75) is 0 Å². The Morgan fingerprint density at radius 1 is 1.35 bits per heavy atom. The van der Waals surface area contributed by atoms with Gasteiger partial charge >= 0.3 is 0 Å². The first-order valence-electron chi connectivity index (χ1n) is 4.65. The van der Waals surface area contributed by atoms with Crippen molar-refractivity contribution < 1.29 is 9.90 Å². The molecule has 0 aliphatic heterocycles. The van der Waals surface area contributed by atoms with Gasteiger partial charge in [-0.1, -0.05) is 11.6 Å². The predicted octanol–water partition coefficient (Wildman–Crippen LogP) is 3.21. The van der Waals surface area contributed by atoms with Crippen LogP contribution in [0.25, 0.3) is 0 Å². The van der Waals surface area contributed by atoms with Gasteiger partial charge in [0.15, 0.2) is 0 Å². The van der Waals surface area contributed by atoms with Crippen LogP contribution >= 0.6 is 22.9 Å². The monoisotopic (exact) mass is 263 g/mol. The molecule has 2 aromatic rings. The first kappa shape index (κ1) is 11.6. The van der Waals surface area contributed by atoms with E-state index in [1.807, 2.05) is 6.07 Å². The number of thiophene rings is 1. The van der Waals surface area contributed by atoms with Crippen molar-refractivity contribution in [3.63, 3.8) is 0 Å². The van der Waals surface area contributed by atoms with Crippen LogP contribution in [0.2, 0.25) is 5.02 Å². The molecule has 1 N–H and O–H groups in total. The summed E-state index contributed by atoms with van der Waals surface area (Å²) >= 11 is 6.85. The van der Waals surface area contributed by atoms with Gasteiger partial charge in [-0.15, -0.1) is 11.3 Å². The van der Waals surface area contributed by atoms with E-state index in [1.165, 1.54) is 18.2 Å². The Bertz CT molecular complexity index is 628. The summed E-state index contributed by atoms with van der Waals surface area (Å²) in [5.74, 6) is -0.456. The largest absolute Gasteiger partial charge is 0.507 e. The summed E-state index contributed by atoms with van der Waals surface area (Å²) in [7, 11) is 0. The summed E-state index contributed by atoms with van der Waals surface area (Å²) in [5.41, 5.74) is 0.142. The van der Waals surface area contributed by atoms with E-state index in [9.17, 15) is 9.90 Å². The van der Waals surface area contributed by atoms with Crippen molar-refractivity contribution in [1.29, 1.82) is 5.26 Å². The van der Waals surface area contributed by atoms with E-state index in [4.69, 9.17) is 16.9 Å². The molecule has 17 heavy (non-hydrogen) atoms. The summed E-state index contributed by atoms with van der Waals surface area (Å²) in [6.07, 6.45) is 0. The van der Waals surface area contributed by atoms with Gasteiger partial charge in [0.1, 0.15) is 16.7 Å². The van der Waals surface area contributed by atoms with Crippen molar-refractivity contribution in [3.8, 4) is 11.8 Å². The Balaban J connectivity index is 2.44. The molecule has 0 aliphatic carbocycles. The van der Waals surface area contributed by atoms with Crippen LogP contribution in [0.5, 0.6) is 5.75 Å². The number of halogens is 1. The van der Waals surface area contributed by atoms with Crippen LogP contribution in [0.3, 0.4) is 0 Å². The third-order valence-electron chi connectivity index (χ3n) is 2.14. The lowest BCUT2D eigenvalue weighted by atomic mass is 10.1. The summed E-state index contributed by atoms with van der Waals surface area (Å²) in [4.78, 5) is 12.9. The third kappa shape index (κ3) is 2.31. The molecular weight excluding hydrogens is 258 g/mol. The molecule has 0 saturated carbocycles. The van der Waals surface area contributed by atoms with Crippen LogP contribution in [0, 0.1) is 11.3 Å². The highest BCUT2D eigenvalue weighted by Crippen LogP contribution is 2.26. The summed E-state index contributed by atoms with van der Waals surface area (Å²) < 4.78 is 0. The van der Waals surface area contributed by atoms with Gasteiger partial charge in [0.25, 0.3) is 0 Å². The second kappa shape index (κ2) is 4.58. The van der Waals surface area contributed by atoms with Gasteiger partial charge in [-0.3, -0.25) is 4.79 Å². The SMILES string of the molecule is N#Cc1ccc(C(=O)c2cc(Cl)ccc2O)s1. The fourth-order valence-electron chi connectivity index (χ4n) is 1.34. The molecule has 0 amide bonds. The van der Waals surface area contributed by atoms with E-state index < -0.39 is 0 Å². The van der Waals surface area contributed by atoms with Gasteiger partial charge in [0, 0.05) is 5.02 Å². The number of carbonyl (C=O) groups is 1. The molecule has 1 aromatic heterocycles. The number of benzene rings is 1. The minimum atomic E-state index is -0.337. The first-order chi connectivity index (χ1) is 8.11. The zero-order valence-electron chi connectivity index (χ0n) is 8.48. The molecule has 0 atom stereocenters. The van der Waals surface area contributed by atoms with E-state index in [2.05, 4.69) is 0 Å². The Morgan fingerprint density at radius 2 is 2.12 bits per heavy atom. The average molecular weight is 264 g/mol. The highest BCUT2D eigenvalue weighted by Gasteiger charge is 2.16. The van der Waals surface area contributed by atoms with Gasteiger partial charge in [0.05, 0.1) is 10.4 Å². The maximum atomic E-state index is 12.0. The molecule has 0 aliphatic rings. The number of phenolic OH excluding ortho intramolecular Hbond substituents is 1. The average Bonchev–Trinajstić information content (AvgIpc) is 2.80. The van der Waals surface area contributed by atoms with E-state index in [1.54, 1.807) is 12.1 Å². The van der Waals surface area contributed by atoms with Crippen LogP contribution < -0.4 is 0 Å². The molecule has 2 rings (SSSR count). The predicted molar refractivity (Wildman–Crippen MR) is 65.6 cm³/mol. The van der Waals surface area contributed by atoms with Gasteiger partial charge in [0.2, 0.25) is 5.78 Å². The molecule has 5 heteroatoms. The van der Waals surface area contributed by atoms with Crippen LogP contribution in [0.4, 0.5) is 0 Å². The number of nitrogens with zero attached hydrogens (tertiary/aromatic N) is 1. The zero-order chi connectivity index (χ0) is 12.4. The fourth-order valence-corrected chi connectivity index (χ4v) is 2.27. The van der Waals surface area contributed by atoms with Gasteiger partial charge < -0.3 is 5.11 Å². The smallest absolute Gasteiger partial charge is 0.206 e. The van der Waals surface area contributed by atoms with Crippen molar-refractivity contribution in [2.75, 3.05) is 0 Å². The highest BCUT2D eigenvalue weighted by atomic mass is 35.5. The number of ketones is 1. The summed E-state index contributed by atoms with van der Waals surface area (Å²) in [5, 5.41) is 18.6. The van der Waals surface area contributed by atoms with E-state index >= 15 is 0 Å². The molecule has 1 aromatic carbocycles. The molecule has 1 heterocycles. The minimum absolute atomic E-state index is 0.119. The van der Waals surface area contributed by atoms with Crippen molar-refractivity contribution in [1.82, 2.24) is 0 Å². The van der Waals surface area contributed by atoms with E-state index in [-0.39, 0.29) is 17.1 Å². The molecule has 0 spiro atoms. The van der Waals surface area contributed by atoms with Crippen LogP contribution in [0.1, 0.15) is 20.1 Å². The maximum absolute atomic E-state index is 12.0. The quantitative estimate of drug-likeness (QED) is 0.847. The first-order valence-corrected chi connectivity index (χ1v) is 5.84. The lowest BCUT2D eigenvalue weighted by Crippen LogP contribution is -1.98. The second-order valence-corrected chi connectivity index (χ2v) is 4.79. The van der Waals surface area contributed by atoms with Crippen molar-refractivity contribution in [3.05, 3.63) is 50.7 Å². The number of carbonyl (C=O) groups excluding carboxylic acids is 1. The van der Waals surface area contributed by atoms with Gasteiger partial charge in [-0.2, -0.15) is 5.26 Å². The number of rotatable bonds is 2. The second-order valence-electron chi connectivity index (χ2n) is 3.27. The van der Waals surface area contributed by atoms with Crippen molar-refractivity contribution in [2.24, 2.45) is 0 Å². The normalized spacial score (nSPS) is 9.88. The molecule has 0 radical (unpaired) electrons. The summed E-state index contributed by atoms with van der Waals surface area (Å²) in [6.45, 7) is 0. The molecule has 0 bridgehead atoms. The molecular formula is C12H6ClNO2S. The molecule has 84 valence electrons. The van der Waals surface area contributed by atoms with Gasteiger partial charge in [-0.05, 0) is 30.3 Å². The minimum Gasteiger partial charge on any atom is -0.507 e.